The standard InChI is InChI=1S/C15H19ClN2O2/c1-10(2)8-15(3)13(19)18(14(20)17-15)9-11-6-4-5-7-12(11)16/h4-7,10H,8-9H2,1-3H3,(H,17,20). The summed E-state index contributed by atoms with van der Waals surface area (Å²) < 4.78 is 0. The summed E-state index contributed by atoms with van der Waals surface area (Å²) >= 11 is 6.08. The minimum Gasteiger partial charge on any atom is -0.323 e. The molecule has 1 aliphatic heterocycles. The molecule has 1 fully saturated rings. The Morgan fingerprint density at radius 1 is 1.30 bits per heavy atom. The smallest absolute Gasteiger partial charge is 0.323 e. The number of benzene rings is 1. The van der Waals surface area contributed by atoms with Gasteiger partial charge in [-0.25, -0.2) is 4.79 Å². The van der Waals surface area contributed by atoms with Gasteiger partial charge >= 0.3 is 6.03 Å². The van der Waals surface area contributed by atoms with Gasteiger partial charge in [0.2, 0.25) is 0 Å². The van der Waals surface area contributed by atoms with Crippen LogP contribution in [0.15, 0.2) is 24.3 Å². The van der Waals surface area contributed by atoms with Crippen molar-refractivity contribution in [1.29, 1.82) is 0 Å². The third-order valence-corrected chi connectivity index (χ3v) is 3.82. The van der Waals surface area contributed by atoms with Crippen molar-refractivity contribution in [2.75, 3.05) is 0 Å². The number of carbonyl (C=O) groups is 2. The summed E-state index contributed by atoms with van der Waals surface area (Å²) in [5.41, 5.74) is -0.0431. The summed E-state index contributed by atoms with van der Waals surface area (Å²) in [5.74, 6) is 0.139. The number of halogens is 1. The van der Waals surface area contributed by atoms with Crippen LogP contribution in [-0.4, -0.2) is 22.4 Å². The average molecular weight is 295 g/mol. The lowest BCUT2D eigenvalue weighted by Crippen LogP contribution is -2.44. The van der Waals surface area contributed by atoms with Crippen molar-refractivity contribution in [3.8, 4) is 0 Å². The summed E-state index contributed by atoms with van der Waals surface area (Å²) in [5, 5.41) is 3.36. The number of urea groups is 1. The van der Waals surface area contributed by atoms with Gasteiger partial charge in [0, 0.05) is 5.02 Å². The van der Waals surface area contributed by atoms with Gasteiger partial charge in [0.15, 0.2) is 0 Å². The Balaban J connectivity index is 2.20. The van der Waals surface area contributed by atoms with E-state index in [0.29, 0.717) is 17.4 Å². The number of hydrogen-bond donors (Lipinski definition) is 1. The number of imide groups is 1. The van der Waals surface area contributed by atoms with E-state index in [2.05, 4.69) is 5.32 Å². The van der Waals surface area contributed by atoms with Crippen molar-refractivity contribution in [2.45, 2.75) is 39.3 Å². The molecule has 20 heavy (non-hydrogen) atoms. The molecule has 1 atom stereocenters. The van der Waals surface area contributed by atoms with Crippen molar-refractivity contribution in [2.24, 2.45) is 5.92 Å². The lowest BCUT2D eigenvalue weighted by Gasteiger charge is -2.23. The van der Waals surface area contributed by atoms with E-state index < -0.39 is 5.54 Å². The van der Waals surface area contributed by atoms with Crippen LogP contribution in [0.3, 0.4) is 0 Å². The van der Waals surface area contributed by atoms with Crippen LogP contribution in [0.1, 0.15) is 32.8 Å². The zero-order chi connectivity index (χ0) is 14.9. The fourth-order valence-electron chi connectivity index (χ4n) is 2.64. The third-order valence-electron chi connectivity index (χ3n) is 3.45. The lowest BCUT2D eigenvalue weighted by atomic mass is 9.91. The van der Waals surface area contributed by atoms with Crippen molar-refractivity contribution >= 4 is 23.5 Å². The number of nitrogens with zero attached hydrogens (tertiary/aromatic N) is 1. The molecule has 1 aromatic carbocycles. The molecule has 5 heteroatoms. The summed E-state index contributed by atoms with van der Waals surface area (Å²) in [6.45, 7) is 6.04. The van der Waals surface area contributed by atoms with E-state index in [1.54, 1.807) is 13.0 Å². The summed E-state index contributed by atoms with van der Waals surface area (Å²) in [6.07, 6.45) is 0.622. The molecule has 2 rings (SSSR count). The second-order valence-corrected chi connectivity index (χ2v) is 6.25. The van der Waals surface area contributed by atoms with E-state index in [-0.39, 0.29) is 18.5 Å². The molecule has 0 bridgehead atoms. The Hall–Kier alpha value is -1.55. The van der Waals surface area contributed by atoms with Crippen LogP contribution in [0, 0.1) is 5.92 Å². The van der Waals surface area contributed by atoms with Crippen LogP contribution in [0.25, 0.3) is 0 Å². The second-order valence-electron chi connectivity index (χ2n) is 5.84. The molecule has 0 spiro atoms. The lowest BCUT2D eigenvalue weighted by molar-refractivity contribution is -0.131. The molecule has 1 N–H and O–H groups in total. The van der Waals surface area contributed by atoms with Gasteiger partial charge in [-0.1, -0.05) is 43.6 Å². The first-order chi connectivity index (χ1) is 9.33. The molecule has 0 aliphatic carbocycles. The summed E-state index contributed by atoms with van der Waals surface area (Å²) in [6, 6.07) is 6.88. The van der Waals surface area contributed by atoms with Gasteiger partial charge in [0.05, 0.1) is 6.54 Å². The Kier molecular flexibility index (Phi) is 4.04. The second kappa shape index (κ2) is 5.44. The highest BCUT2D eigenvalue weighted by Gasteiger charge is 2.47. The Bertz CT molecular complexity index is 544. The van der Waals surface area contributed by atoms with E-state index in [4.69, 9.17) is 11.6 Å². The van der Waals surface area contributed by atoms with Gasteiger partial charge in [0.1, 0.15) is 5.54 Å². The first-order valence-corrected chi connectivity index (χ1v) is 7.09. The van der Waals surface area contributed by atoms with Gasteiger partial charge in [-0.3, -0.25) is 9.69 Å². The van der Waals surface area contributed by atoms with Crippen LogP contribution >= 0.6 is 11.6 Å². The quantitative estimate of drug-likeness (QED) is 0.867. The van der Waals surface area contributed by atoms with Gasteiger partial charge < -0.3 is 5.32 Å². The Labute approximate surface area is 124 Å². The number of hydrogen-bond acceptors (Lipinski definition) is 2. The fraction of sp³-hybridized carbons (Fsp3) is 0.467. The maximum Gasteiger partial charge on any atom is 0.325 e. The van der Waals surface area contributed by atoms with E-state index in [1.807, 2.05) is 32.0 Å². The summed E-state index contributed by atoms with van der Waals surface area (Å²) in [4.78, 5) is 25.8. The average Bonchev–Trinajstić information content (AvgIpc) is 2.54. The molecule has 1 aliphatic rings. The number of carbonyl (C=O) groups excluding carboxylic acids is 2. The SMILES string of the molecule is CC(C)CC1(C)NC(=O)N(Cc2ccccc2Cl)C1=O. The first-order valence-electron chi connectivity index (χ1n) is 6.71. The van der Waals surface area contributed by atoms with Crippen LogP contribution in [-0.2, 0) is 11.3 Å². The largest absolute Gasteiger partial charge is 0.325 e. The zero-order valence-electron chi connectivity index (χ0n) is 11.9. The van der Waals surface area contributed by atoms with Crippen molar-refractivity contribution < 1.29 is 9.59 Å². The van der Waals surface area contributed by atoms with E-state index >= 15 is 0 Å². The fourth-order valence-corrected chi connectivity index (χ4v) is 2.84. The molecule has 108 valence electrons. The first kappa shape index (κ1) is 14.9. The molecule has 0 saturated carbocycles. The molecule has 0 aromatic heterocycles. The topological polar surface area (TPSA) is 49.4 Å². The number of nitrogens with one attached hydrogen (secondary N) is 1. The van der Waals surface area contributed by atoms with E-state index in [1.165, 1.54) is 4.90 Å². The predicted molar refractivity (Wildman–Crippen MR) is 78.4 cm³/mol. The number of amides is 3. The molecule has 1 unspecified atom stereocenters. The molecule has 0 radical (unpaired) electrons. The monoisotopic (exact) mass is 294 g/mol. The van der Waals surface area contributed by atoms with Crippen LogP contribution in [0.2, 0.25) is 5.02 Å². The molecule has 1 aromatic rings. The van der Waals surface area contributed by atoms with Crippen molar-refractivity contribution in [1.82, 2.24) is 10.2 Å². The van der Waals surface area contributed by atoms with Crippen LogP contribution in [0.5, 0.6) is 0 Å². The Morgan fingerprint density at radius 3 is 2.55 bits per heavy atom. The molecule has 4 nitrogen and oxygen atoms in total. The van der Waals surface area contributed by atoms with Gasteiger partial charge in [0.25, 0.3) is 5.91 Å². The highest BCUT2D eigenvalue weighted by molar-refractivity contribution is 6.31. The maximum absolute atomic E-state index is 12.5. The minimum absolute atomic E-state index is 0.184. The highest BCUT2D eigenvalue weighted by atomic mass is 35.5. The normalized spacial score (nSPS) is 22.6. The molecular weight excluding hydrogens is 276 g/mol. The third kappa shape index (κ3) is 2.80. The molecular formula is C15H19ClN2O2. The van der Waals surface area contributed by atoms with Gasteiger partial charge in [-0.05, 0) is 30.9 Å². The van der Waals surface area contributed by atoms with Crippen molar-refractivity contribution in [3.63, 3.8) is 0 Å². The van der Waals surface area contributed by atoms with Gasteiger partial charge in [-0.15, -0.1) is 0 Å². The minimum atomic E-state index is -0.813. The predicted octanol–water partition coefficient (Wildman–Crippen LogP) is 3.20. The molecule has 1 heterocycles. The van der Waals surface area contributed by atoms with Gasteiger partial charge in [-0.2, -0.15) is 0 Å². The van der Waals surface area contributed by atoms with E-state index in [9.17, 15) is 9.59 Å². The van der Waals surface area contributed by atoms with E-state index in [0.717, 1.165) is 5.56 Å². The zero-order valence-corrected chi connectivity index (χ0v) is 12.7. The maximum atomic E-state index is 12.5. The van der Waals surface area contributed by atoms with Crippen molar-refractivity contribution in [3.05, 3.63) is 34.9 Å². The molecule has 3 amide bonds. The highest BCUT2D eigenvalue weighted by Crippen LogP contribution is 2.27. The summed E-state index contributed by atoms with van der Waals surface area (Å²) in [7, 11) is 0. The molecule has 1 saturated heterocycles. The van der Waals surface area contributed by atoms with Crippen LogP contribution < -0.4 is 5.32 Å². The van der Waals surface area contributed by atoms with Crippen LogP contribution in [0.4, 0.5) is 4.79 Å². The Morgan fingerprint density at radius 2 is 1.95 bits per heavy atom. The number of rotatable bonds is 4.